The standard InChI is InChI=1S/C11H10BrClFN3/c1-6-8(13)5-17(16-6)9-3-2-7(4-15)10(12)11(9)14/h2-3,5H,4,15H2,1H3. The zero-order chi connectivity index (χ0) is 12.6. The van der Waals surface area contributed by atoms with E-state index in [1.165, 1.54) is 4.68 Å². The van der Waals surface area contributed by atoms with Gasteiger partial charge in [-0.3, -0.25) is 0 Å². The molecule has 0 saturated heterocycles. The van der Waals surface area contributed by atoms with Crippen molar-refractivity contribution in [1.29, 1.82) is 0 Å². The number of halogens is 3. The molecule has 1 aromatic heterocycles. The summed E-state index contributed by atoms with van der Waals surface area (Å²) in [4.78, 5) is 0. The van der Waals surface area contributed by atoms with Crippen LogP contribution in [0.5, 0.6) is 0 Å². The van der Waals surface area contributed by atoms with Crippen LogP contribution in [0.4, 0.5) is 4.39 Å². The fourth-order valence-electron chi connectivity index (χ4n) is 1.48. The van der Waals surface area contributed by atoms with Crippen LogP contribution in [0.15, 0.2) is 22.8 Å². The number of nitrogens with two attached hydrogens (primary N) is 1. The molecule has 0 saturated carbocycles. The average molecular weight is 319 g/mol. The summed E-state index contributed by atoms with van der Waals surface area (Å²) in [5.41, 5.74) is 7.20. The van der Waals surface area contributed by atoms with Crippen molar-refractivity contribution < 1.29 is 4.39 Å². The van der Waals surface area contributed by atoms with Gasteiger partial charge in [0, 0.05) is 12.7 Å². The lowest BCUT2D eigenvalue weighted by Crippen LogP contribution is -2.04. The zero-order valence-corrected chi connectivity index (χ0v) is 11.4. The maximum atomic E-state index is 14.1. The van der Waals surface area contributed by atoms with Crippen LogP contribution >= 0.6 is 27.5 Å². The minimum absolute atomic E-state index is 0.274. The van der Waals surface area contributed by atoms with E-state index in [0.29, 0.717) is 26.4 Å². The summed E-state index contributed by atoms with van der Waals surface area (Å²) >= 11 is 9.08. The number of hydrogen-bond acceptors (Lipinski definition) is 2. The van der Waals surface area contributed by atoms with E-state index in [-0.39, 0.29) is 6.54 Å². The summed E-state index contributed by atoms with van der Waals surface area (Å²) in [6.45, 7) is 2.04. The summed E-state index contributed by atoms with van der Waals surface area (Å²) in [5, 5.41) is 4.63. The number of aromatic nitrogens is 2. The van der Waals surface area contributed by atoms with Crippen molar-refractivity contribution in [3.63, 3.8) is 0 Å². The largest absolute Gasteiger partial charge is 0.326 e. The van der Waals surface area contributed by atoms with Crippen molar-refractivity contribution in [2.75, 3.05) is 0 Å². The summed E-state index contributed by atoms with van der Waals surface area (Å²) < 4.78 is 15.8. The summed E-state index contributed by atoms with van der Waals surface area (Å²) in [6.07, 6.45) is 1.57. The predicted molar refractivity (Wildman–Crippen MR) is 68.9 cm³/mol. The van der Waals surface area contributed by atoms with Gasteiger partial charge in [-0.2, -0.15) is 5.10 Å². The minimum atomic E-state index is -0.396. The highest BCUT2D eigenvalue weighted by molar-refractivity contribution is 9.10. The van der Waals surface area contributed by atoms with E-state index in [0.717, 1.165) is 0 Å². The maximum Gasteiger partial charge on any atom is 0.163 e. The SMILES string of the molecule is Cc1nn(-c2ccc(CN)c(Br)c2F)cc1Cl. The Kier molecular flexibility index (Phi) is 3.51. The molecule has 0 aliphatic rings. The summed E-state index contributed by atoms with van der Waals surface area (Å²) in [5.74, 6) is -0.396. The Morgan fingerprint density at radius 2 is 2.24 bits per heavy atom. The van der Waals surface area contributed by atoms with Crippen molar-refractivity contribution in [3.8, 4) is 5.69 Å². The Morgan fingerprint density at radius 3 is 2.76 bits per heavy atom. The van der Waals surface area contributed by atoms with Gasteiger partial charge in [-0.15, -0.1) is 0 Å². The molecule has 2 N–H and O–H groups in total. The fraction of sp³-hybridized carbons (Fsp3) is 0.182. The highest BCUT2D eigenvalue weighted by Gasteiger charge is 2.13. The van der Waals surface area contributed by atoms with E-state index in [1.807, 2.05) is 0 Å². The number of nitrogens with zero attached hydrogens (tertiary/aromatic N) is 2. The molecule has 0 amide bonds. The first kappa shape index (κ1) is 12.5. The molecule has 0 spiro atoms. The lowest BCUT2D eigenvalue weighted by atomic mass is 10.2. The van der Waals surface area contributed by atoms with E-state index in [2.05, 4.69) is 21.0 Å². The molecule has 0 bridgehead atoms. The third-order valence-electron chi connectivity index (χ3n) is 2.45. The van der Waals surface area contributed by atoms with Gasteiger partial charge < -0.3 is 5.73 Å². The Hall–Kier alpha value is -0.910. The van der Waals surface area contributed by atoms with Gasteiger partial charge in [0.05, 0.1) is 15.2 Å². The monoisotopic (exact) mass is 317 g/mol. The Labute approximate surface area is 112 Å². The highest BCUT2D eigenvalue weighted by Crippen LogP contribution is 2.26. The van der Waals surface area contributed by atoms with E-state index in [1.54, 1.807) is 25.3 Å². The molecule has 17 heavy (non-hydrogen) atoms. The number of benzene rings is 1. The van der Waals surface area contributed by atoms with E-state index in [9.17, 15) is 4.39 Å². The second-order valence-corrected chi connectivity index (χ2v) is 4.78. The van der Waals surface area contributed by atoms with Crippen molar-refractivity contribution >= 4 is 27.5 Å². The van der Waals surface area contributed by atoms with Crippen LogP contribution in [0.2, 0.25) is 5.02 Å². The molecule has 0 atom stereocenters. The highest BCUT2D eigenvalue weighted by atomic mass is 79.9. The van der Waals surface area contributed by atoms with Gasteiger partial charge in [0.1, 0.15) is 5.69 Å². The van der Waals surface area contributed by atoms with E-state index in [4.69, 9.17) is 17.3 Å². The third kappa shape index (κ3) is 2.22. The molecule has 3 nitrogen and oxygen atoms in total. The molecule has 90 valence electrons. The van der Waals surface area contributed by atoms with Gasteiger partial charge in [-0.25, -0.2) is 9.07 Å². The Bertz CT molecular complexity index is 549. The van der Waals surface area contributed by atoms with Crippen LogP contribution in [0, 0.1) is 12.7 Å². The van der Waals surface area contributed by atoms with Crippen molar-refractivity contribution in [2.24, 2.45) is 5.73 Å². The normalized spacial score (nSPS) is 10.9. The molecule has 2 aromatic rings. The van der Waals surface area contributed by atoms with Gasteiger partial charge in [0.25, 0.3) is 0 Å². The van der Waals surface area contributed by atoms with Crippen LogP contribution in [-0.2, 0) is 6.54 Å². The molecule has 2 rings (SSSR count). The topological polar surface area (TPSA) is 43.8 Å². The predicted octanol–water partition coefficient (Wildman–Crippen LogP) is 3.19. The van der Waals surface area contributed by atoms with Crippen LogP contribution in [0.3, 0.4) is 0 Å². The van der Waals surface area contributed by atoms with Crippen molar-refractivity contribution in [3.05, 3.63) is 44.9 Å². The molecule has 6 heteroatoms. The van der Waals surface area contributed by atoms with Gasteiger partial charge in [0.2, 0.25) is 0 Å². The van der Waals surface area contributed by atoms with E-state index < -0.39 is 5.82 Å². The summed E-state index contributed by atoms with van der Waals surface area (Å²) in [7, 11) is 0. The lowest BCUT2D eigenvalue weighted by Gasteiger charge is -2.08. The molecule has 0 fully saturated rings. The van der Waals surface area contributed by atoms with Gasteiger partial charge in [-0.1, -0.05) is 17.7 Å². The van der Waals surface area contributed by atoms with Crippen LogP contribution in [0.25, 0.3) is 5.69 Å². The smallest absolute Gasteiger partial charge is 0.163 e. The summed E-state index contributed by atoms with van der Waals surface area (Å²) in [6, 6.07) is 3.39. The van der Waals surface area contributed by atoms with Gasteiger partial charge in [-0.05, 0) is 34.5 Å². The molecule has 1 aromatic carbocycles. The molecule has 0 unspecified atom stereocenters. The number of hydrogen-bond donors (Lipinski definition) is 1. The first-order chi connectivity index (χ1) is 8.04. The van der Waals surface area contributed by atoms with Crippen LogP contribution in [-0.4, -0.2) is 9.78 Å². The zero-order valence-electron chi connectivity index (χ0n) is 9.04. The molecular weight excluding hydrogens is 308 g/mol. The quantitative estimate of drug-likeness (QED) is 0.924. The second kappa shape index (κ2) is 4.76. The van der Waals surface area contributed by atoms with E-state index >= 15 is 0 Å². The number of rotatable bonds is 2. The van der Waals surface area contributed by atoms with Crippen molar-refractivity contribution in [2.45, 2.75) is 13.5 Å². The van der Waals surface area contributed by atoms with Gasteiger partial charge >= 0.3 is 0 Å². The Balaban J connectivity index is 2.57. The maximum absolute atomic E-state index is 14.1. The van der Waals surface area contributed by atoms with Crippen LogP contribution in [0.1, 0.15) is 11.3 Å². The van der Waals surface area contributed by atoms with Crippen LogP contribution < -0.4 is 5.73 Å². The Morgan fingerprint density at radius 1 is 1.53 bits per heavy atom. The number of aryl methyl sites for hydroxylation is 1. The molecule has 0 radical (unpaired) electrons. The molecule has 0 aliphatic carbocycles. The van der Waals surface area contributed by atoms with Gasteiger partial charge in [0.15, 0.2) is 5.82 Å². The second-order valence-electron chi connectivity index (χ2n) is 3.58. The third-order valence-corrected chi connectivity index (χ3v) is 3.68. The fourth-order valence-corrected chi connectivity index (χ4v) is 2.10. The molecule has 1 heterocycles. The first-order valence-electron chi connectivity index (χ1n) is 4.93. The first-order valence-corrected chi connectivity index (χ1v) is 6.10. The lowest BCUT2D eigenvalue weighted by molar-refractivity contribution is 0.601. The molecule has 0 aliphatic heterocycles. The van der Waals surface area contributed by atoms with Crippen molar-refractivity contribution in [1.82, 2.24) is 9.78 Å². The average Bonchev–Trinajstić information content (AvgIpc) is 2.63. The molecular formula is C11H10BrClFN3. The minimum Gasteiger partial charge on any atom is -0.326 e.